The van der Waals surface area contributed by atoms with E-state index < -0.39 is 0 Å². The largest absolute Gasteiger partial charge is 0.368 e. The molecule has 0 aliphatic heterocycles. The monoisotopic (exact) mass is 380 g/mol. The molecule has 116 valence electrons. The molecule has 0 aliphatic rings. The molecular formula is C16H18BrClN4. The fourth-order valence-corrected chi connectivity index (χ4v) is 2.89. The average Bonchev–Trinajstić information content (AvgIpc) is 2.76. The van der Waals surface area contributed by atoms with Crippen LogP contribution >= 0.6 is 28.3 Å². The molecule has 4 nitrogen and oxygen atoms in total. The normalized spacial score (nSPS) is 10.9. The van der Waals surface area contributed by atoms with E-state index in [0.29, 0.717) is 11.9 Å². The average molecular weight is 382 g/mol. The molecule has 0 radical (unpaired) electrons. The summed E-state index contributed by atoms with van der Waals surface area (Å²) in [4.78, 5) is 8.32. The van der Waals surface area contributed by atoms with E-state index in [2.05, 4.69) is 68.7 Å². The summed E-state index contributed by atoms with van der Waals surface area (Å²) >= 11 is 3.55. The zero-order valence-corrected chi connectivity index (χ0v) is 14.9. The Morgan fingerprint density at radius 2 is 2.05 bits per heavy atom. The Bertz CT molecular complexity index is 798. The number of hydrogen-bond acceptors (Lipinski definition) is 3. The number of halogens is 2. The zero-order valence-electron chi connectivity index (χ0n) is 12.5. The lowest BCUT2D eigenvalue weighted by Crippen LogP contribution is -2.02. The maximum Gasteiger partial charge on any atom is 0.220 e. The fourth-order valence-electron chi connectivity index (χ4n) is 2.54. The molecule has 22 heavy (non-hydrogen) atoms. The van der Waals surface area contributed by atoms with Crippen molar-refractivity contribution in [3.63, 3.8) is 0 Å². The second-order valence-electron chi connectivity index (χ2n) is 5.55. The molecule has 1 aromatic carbocycles. The van der Waals surface area contributed by atoms with Gasteiger partial charge in [0.1, 0.15) is 0 Å². The van der Waals surface area contributed by atoms with E-state index in [4.69, 9.17) is 5.73 Å². The summed E-state index contributed by atoms with van der Waals surface area (Å²) in [5.41, 5.74) is 8.86. The summed E-state index contributed by atoms with van der Waals surface area (Å²) in [7, 11) is 0. The van der Waals surface area contributed by atoms with Gasteiger partial charge in [-0.3, -0.25) is 0 Å². The molecule has 0 fully saturated rings. The van der Waals surface area contributed by atoms with Crippen LogP contribution in [0.5, 0.6) is 0 Å². The van der Waals surface area contributed by atoms with Crippen molar-refractivity contribution >= 4 is 45.2 Å². The molecule has 0 atom stereocenters. The number of aromatic nitrogens is 3. The first-order valence-electron chi connectivity index (χ1n) is 6.92. The van der Waals surface area contributed by atoms with Gasteiger partial charge in [-0.15, -0.1) is 12.4 Å². The number of hydrogen-bond donors (Lipinski definition) is 1. The first-order chi connectivity index (χ1) is 10.0. The molecule has 0 spiro atoms. The minimum atomic E-state index is 0. The molecule has 2 N–H and O–H groups in total. The third-order valence-corrected chi connectivity index (χ3v) is 3.85. The van der Waals surface area contributed by atoms with Crippen molar-refractivity contribution in [3.05, 3.63) is 41.1 Å². The topological polar surface area (TPSA) is 56.7 Å². The van der Waals surface area contributed by atoms with Crippen molar-refractivity contribution < 1.29 is 0 Å². The van der Waals surface area contributed by atoms with Gasteiger partial charge < -0.3 is 10.3 Å². The molecule has 6 heteroatoms. The molecular weight excluding hydrogens is 364 g/mol. The summed E-state index contributed by atoms with van der Waals surface area (Å²) in [6, 6.07) is 8.21. The Morgan fingerprint density at radius 1 is 1.27 bits per heavy atom. The van der Waals surface area contributed by atoms with Gasteiger partial charge in [-0.1, -0.05) is 35.8 Å². The Balaban J connectivity index is 0.00000176. The third-order valence-electron chi connectivity index (χ3n) is 3.36. The quantitative estimate of drug-likeness (QED) is 0.725. The lowest BCUT2D eigenvalue weighted by molar-refractivity contribution is 0.535. The molecule has 3 rings (SSSR count). The summed E-state index contributed by atoms with van der Waals surface area (Å²) in [6.07, 6.45) is 3.85. The van der Waals surface area contributed by atoms with Crippen LogP contribution in [-0.2, 0) is 6.54 Å². The number of nitrogen functional groups attached to an aromatic ring is 1. The van der Waals surface area contributed by atoms with Gasteiger partial charge in [0.2, 0.25) is 5.95 Å². The fraction of sp³-hybridized carbons (Fsp3) is 0.250. The lowest BCUT2D eigenvalue weighted by Gasteiger charge is -2.08. The van der Waals surface area contributed by atoms with Crippen LogP contribution in [0.3, 0.4) is 0 Å². The Hall–Kier alpha value is -1.59. The SMILES string of the molecule is CC(C)Cn1cc(-c2ccnc(N)n2)c2ccc(Br)cc21.Cl. The number of rotatable bonds is 3. The molecule has 0 unspecified atom stereocenters. The van der Waals surface area contributed by atoms with Gasteiger partial charge in [-0.25, -0.2) is 9.97 Å². The van der Waals surface area contributed by atoms with Crippen LogP contribution in [-0.4, -0.2) is 14.5 Å². The van der Waals surface area contributed by atoms with Gasteiger partial charge in [-0.2, -0.15) is 0 Å². The van der Waals surface area contributed by atoms with E-state index in [1.54, 1.807) is 6.20 Å². The first kappa shape index (κ1) is 16.8. The van der Waals surface area contributed by atoms with Crippen LogP contribution < -0.4 is 5.73 Å². The first-order valence-corrected chi connectivity index (χ1v) is 7.71. The molecule has 0 aliphatic carbocycles. The summed E-state index contributed by atoms with van der Waals surface area (Å²) in [5.74, 6) is 0.872. The number of nitrogens with two attached hydrogens (primary N) is 1. The van der Waals surface area contributed by atoms with E-state index in [9.17, 15) is 0 Å². The highest BCUT2D eigenvalue weighted by atomic mass is 79.9. The van der Waals surface area contributed by atoms with E-state index in [-0.39, 0.29) is 12.4 Å². The minimum Gasteiger partial charge on any atom is -0.368 e. The van der Waals surface area contributed by atoms with Gasteiger partial charge >= 0.3 is 0 Å². The maximum absolute atomic E-state index is 5.72. The second-order valence-corrected chi connectivity index (χ2v) is 6.47. The summed E-state index contributed by atoms with van der Waals surface area (Å²) in [6.45, 7) is 5.39. The second kappa shape index (κ2) is 6.67. The summed E-state index contributed by atoms with van der Waals surface area (Å²) in [5, 5.41) is 1.18. The number of fused-ring (bicyclic) bond motifs is 1. The number of benzene rings is 1. The third kappa shape index (κ3) is 3.25. The van der Waals surface area contributed by atoms with Crippen LogP contribution in [0.25, 0.3) is 22.2 Å². The zero-order chi connectivity index (χ0) is 15.0. The highest BCUT2D eigenvalue weighted by Gasteiger charge is 2.13. The smallest absolute Gasteiger partial charge is 0.220 e. The number of anilines is 1. The molecule has 2 aromatic heterocycles. The van der Waals surface area contributed by atoms with Crippen LogP contribution in [0.2, 0.25) is 0 Å². The predicted molar refractivity (Wildman–Crippen MR) is 97.2 cm³/mol. The van der Waals surface area contributed by atoms with E-state index in [1.165, 1.54) is 10.9 Å². The van der Waals surface area contributed by atoms with Gasteiger partial charge in [0.05, 0.1) is 5.69 Å². The van der Waals surface area contributed by atoms with Crippen molar-refractivity contribution in [2.45, 2.75) is 20.4 Å². The standard InChI is InChI=1S/C16H17BrN4.ClH/c1-10(2)8-21-9-13(14-5-6-19-16(18)20-14)12-4-3-11(17)7-15(12)21;/h3-7,9-10H,8H2,1-2H3,(H2,18,19,20);1H. The van der Waals surface area contributed by atoms with Crippen LogP contribution in [0, 0.1) is 5.92 Å². The molecule has 0 bridgehead atoms. The van der Waals surface area contributed by atoms with Crippen LogP contribution in [0.1, 0.15) is 13.8 Å². The molecule has 0 saturated carbocycles. The lowest BCUT2D eigenvalue weighted by atomic mass is 10.1. The van der Waals surface area contributed by atoms with E-state index in [1.807, 2.05) is 6.07 Å². The summed E-state index contributed by atoms with van der Waals surface area (Å²) < 4.78 is 3.35. The van der Waals surface area contributed by atoms with Crippen LogP contribution in [0.4, 0.5) is 5.95 Å². The minimum absolute atomic E-state index is 0. The molecule has 0 saturated heterocycles. The van der Waals surface area contributed by atoms with E-state index >= 15 is 0 Å². The van der Waals surface area contributed by atoms with Crippen molar-refractivity contribution in [1.82, 2.24) is 14.5 Å². The van der Waals surface area contributed by atoms with Crippen LogP contribution in [0.15, 0.2) is 41.1 Å². The Morgan fingerprint density at radius 3 is 2.73 bits per heavy atom. The van der Waals surface area contributed by atoms with Gasteiger partial charge in [0.15, 0.2) is 0 Å². The Kier molecular flexibility index (Phi) is 5.08. The molecule has 3 aromatic rings. The van der Waals surface area contributed by atoms with Crippen molar-refractivity contribution in [2.75, 3.05) is 5.73 Å². The molecule has 0 amide bonds. The van der Waals surface area contributed by atoms with Crippen molar-refractivity contribution in [1.29, 1.82) is 0 Å². The maximum atomic E-state index is 5.72. The Labute approximate surface area is 144 Å². The highest BCUT2D eigenvalue weighted by Crippen LogP contribution is 2.32. The van der Waals surface area contributed by atoms with Gasteiger partial charge in [-0.05, 0) is 24.1 Å². The van der Waals surface area contributed by atoms with Gasteiger partial charge in [0.25, 0.3) is 0 Å². The van der Waals surface area contributed by atoms with Crippen molar-refractivity contribution in [2.24, 2.45) is 5.92 Å². The van der Waals surface area contributed by atoms with Gasteiger partial charge in [0, 0.05) is 39.9 Å². The number of nitrogens with zero attached hydrogens (tertiary/aromatic N) is 3. The van der Waals surface area contributed by atoms with Crippen molar-refractivity contribution in [3.8, 4) is 11.3 Å². The predicted octanol–water partition coefficient (Wildman–Crippen LogP) is 4.52. The van der Waals surface area contributed by atoms with E-state index in [0.717, 1.165) is 22.3 Å². The highest BCUT2D eigenvalue weighted by molar-refractivity contribution is 9.10. The molecule has 2 heterocycles.